The summed E-state index contributed by atoms with van der Waals surface area (Å²) in [6.45, 7) is 8.08. The Bertz CT molecular complexity index is 308. The second-order valence-electron chi connectivity index (χ2n) is 3.55. The van der Waals surface area contributed by atoms with E-state index in [1.807, 2.05) is 0 Å². The minimum absolute atomic E-state index is 0.500. The van der Waals surface area contributed by atoms with Crippen LogP contribution >= 0.6 is 0 Å². The monoisotopic (exact) mass is 223 g/mol. The normalized spacial score (nSPS) is 9.00. The van der Waals surface area contributed by atoms with Gasteiger partial charge in [0.2, 0.25) is 0 Å². The molecule has 90 valence electrons. The van der Waals surface area contributed by atoms with Crippen LogP contribution in [0.5, 0.6) is 0 Å². The second-order valence-corrected chi connectivity index (χ2v) is 3.55. The molecule has 0 radical (unpaired) electrons. The van der Waals surface area contributed by atoms with Gasteiger partial charge in [-0.1, -0.05) is 32.1 Å². The lowest BCUT2D eigenvalue weighted by atomic mass is 10.0. The summed E-state index contributed by atoms with van der Waals surface area (Å²) in [7, 11) is 0.500. The standard InChI is InChI=1S/C13H19N.CH3F/c1-4-6-9-12-11(3)8-7-10-13(12)14-5-2;1-2/h5,7-8,10,14H,2,4,6,9H2,1,3H3;1H3. The van der Waals surface area contributed by atoms with Crippen LogP contribution in [0, 0.1) is 6.92 Å². The van der Waals surface area contributed by atoms with Crippen LogP contribution in [-0.2, 0) is 6.42 Å². The predicted molar refractivity (Wildman–Crippen MR) is 70.6 cm³/mol. The second kappa shape index (κ2) is 8.96. The fourth-order valence-electron chi connectivity index (χ4n) is 1.63. The zero-order valence-electron chi connectivity index (χ0n) is 10.5. The van der Waals surface area contributed by atoms with Crippen molar-refractivity contribution in [1.29, 1.82) is 0 Å². The Morgan fingerprint density at radius 1 is 1.38 bits per heavy atom. The van der Waals surface area contributed by atoms with E-state index in [1.54, 1.807) is 6.20 Å². The molecular formula is C14H22FN. The van der Waals surface area contributed by atoms with E-state index in [-0.39, 0.29) is 0 Å². The average Bonchev–Trinajstić information content (AvgIpc) is 2.31. The van der Waals surface area contributed by atoms with Gasteiger partial charge in [0.25, 0.3) is 0 Å². The number of anilines is 1. The van der Waals surface area contributed by atoms with Gasteiger partial charge in [0.05, 0.1) is 7.18 Å². The highest BCUT2D eigenvalue weighted by atomic mass is 19.1. The fraction of sp³-hybridized carbons (Fsp3) is 0.429. The number of hydrogen-bond acceptors (Lipinski definition) is 1. The van der Waals surface area contributed by atoms with E-state index in [9.17, 15) is 4.39 Å². The number of alkyl halides is 1. The summed E-state index contributed by atoms with van der Waals surface area (Å²) in [6, 6.07) is 6.36. The predicted octanol–water partition coefficient (Wildman–Crippen LogP) is 4.48. The van der Waals surface area contributed by atoms with Gasteiger partial charge in [-0.3, -0.25) is 4.39 Å². The Labute approximate surface area is 98.4 Å². The van der Waals surface area contributed by atoms with Gasteiger partial charge in [0, 0.05) is 5.69 Å². The topological polar surface area (TPSA) is 12.0 Å². The minimum atomic E-state index is 0.500. The lowest BCUT2D eigenvalue weighted by Gasteiger charge is -2.11. The van der Waals surface area contributed by atoms with Crippen molar-refractivity contribution in [1.82, 2.24) is 0 Å². The minimum Gasteiger partial charge on any atom is -0.362 e. The fourth-order valence-corrected chi connectivity index (χ4v) is 1.63. The molecule has 0 fully saturated rings. The van der Waals surface area contributed by atoms with Crippen LogP contribution in [0.15, 0.2) is 31.0 Å². The molecule has 0 aromatic heterocycles. The van der Waals surface area contributed by atoms with Crippen molar-refractivity contribution in [3.63, 3.8) is 0 Å². The van der Waals surface area contributed by atoms with E-state index < -0.39 is 0 Å². The quantitative estimate of drug-likeness (QED) is 0.776. The molecule has 0 atom stereocenters. The average molecular weight is 223 g/mol. The van der Waals surface area contributed by atoms with Gasteiger partial charge in [0.1, 0.15) is 0 Å². The first-order valence-electron chi connectivity index (χ1n) is 5.63. The molecule has 0 saturated carbocycles. The van der Waals surface area contributed by atoms with E-state index in [1.165, 1.54) is 29.7 Å². The summed E-state index contributed by atoms with van der Waals surface area (Å²) in [5, 5.41) is 3.19. The lowest BCUT2D eigenvalue weighted by Crippen LogP contribution is -1.97. The molecule has 0 heterocycles. The van der Waals surface area contributed by atoms with E-state index in [0.717, 1.165) is 6.42 Å². The van der Waals surface area contributed by atoms with Crippen molar-refractivity contribution in [2.75, 3.05) is 12.5 Å². The Kier molecular flexibility index (Phi) is 8.22. The highest BCUT2D eigenvalue weighted by Crippen LogP contribution is 2.21. The Morgan fingerprint density at radius 3 is 2.62 bits per heavy atom. The summed E-state index contributed by atoms with van der Waals surface area (Å²) in [5.41, 5.74) is 3.99. The zero-order chi connectivity index (χ0) is 12.4. The SMILES string of the molecule is C=CNc1cccc(C)c1CCCC.CF. The molecule has 0 bridgehead atoms. The van der Waals surface area contributed by atoms with Crippen LogP contribution in [0.3, 0.4) is 0 Å². The number of aryl methyl sites for hydroxylation is 1. The number of benzene rings is 1. The summed E-state index contributed by atoms with van der Waals surface area (Å²) >= 11 is 0. The van der Waals surface area contributed by atoms with Crippen LogP contribution in [0.25, 0.3) is 0 Å². The maximum absolute atomic E-state index is 9.50. The van der Waals surface area contributed by atoms with Crippen molar-refractivity contribution >= 4 is 5.69 Å². The largest absolute Gasteiger partial charge is 0.362 e. The third-order valence-electron chi connectivity index (χ3n) is 2.45. The number of hydrogen-bond donors (Lipinski definition) is 1. The smallest absolute Gasteiger partial charge is 0.0785 e. The molecule has 0 aliphatic rings. The third-order valence-corrected chi connectivity index (χ3v) is 2.45. The van der Waals surface area contributed by atoms with E-state index >= 15 is 0 Å². The van der Waals surface area contributed by atoms with Gasteiger partial charge < -0.3 is 5.32 Å². The molecule has 0 spiro atoms. The molecule has 1 rings (SSSR count). The van der Waals surface area contributed by atoms with Crippen LogP contribution in [0.2, 0.25) is 0 Å². The van der Waals surface area contributed by atoms with Gasteiger partial charge >= 0.3 is 0 Å². The molecule has 1 aromatic carbocycles. The van der Waals surface area contributed by atoms with Gasteiger partial charge in [-0.15, -0.1) is 0 Å². The van der Waals surface area contributed by atoms with Crippen molar-refractivity contribution in [3.05, 3.63) is 42.1 Å². The van der Waals surface area contributed by atoms with Crippen LogP contribution in [0.1, 0.15) is 30.9 Å². The van der Waals surface area contributed by atoms with Gasteiger partial charge in [0.15, 0.2) is 0 Å². The first kappa shape index (κ1) is 14.7. The summed E-state index contributed by atoms with van der Waals surface area (Å²) in [6.07, 6.45) is 5.38. The molecule has 0 saturated heterocycles. The summed E-state index contributed by atoms with van der Waals surface area (Å²) in [4.78, 5) is 0. The van der Waals surface area contributed by atoms with Gasteiger partial charge in [-0.05, 0) is 43.2 Å². The molecule has 2 heteroatoms. The van der Waals surface area contributed by atoms with E-state index in [4.69, 9.17) is 0 Å². The molecule has 1 aromatic rings. The molecule has 0 aliphatic carbocycles. The zero-order valence-corrected chi connectivity index (χ0v) is 10.5. The molecule has 1 N–H and O–H groups in total. The molecule has 0 unspecified atom stereocenters. The van der Waals surface area contributed by atoms with Crippen molar-refractivity contribution in [2.45, 2.75) is 33.1 Å². The summed E-state index contributed by atoms with van der Waals surface area (Å²) < 4.78 is 9.50. The van der Waals surface area contributed by atoms with Crippen molar-refractivity contribution in [3.8, 4) is 0 Å². The number of halogens is 1. The number of unbranched alkanes of at least 4 members (excludes halogenated alkanes) is 1. The highest BCUT2D eigenvalue weighted by molar-refractivity contribution is 5.55. The molecule has 16 heavy (non-hydrogen) atoms. The molecule has 0 amide bonds. The highest BCUT2D eigenvalue weighted by Gasteiger charge is 2.02. The first-order valence-corrected chi connectivity index (χ1v) is 5.63. The van der Waals surface area contributed by atoms with Gasteiger partial charge in [-0.2, -0.15) is 0 Å². The molecular weight excluding hydrogens is 201 g/mol. The first-order chi connectivity index (χ1) is 7.79. The maximum atomic E-state index is 9.50. The van der Waals surface area contributed by atoms with Crippen LogP contribution in [0.4, 0.5) is 10.1 Å². The lowest BCUT2D eigenvalue weighted by molar-refractivity contribution is 0.636. The Balaban J connectivity index is 0.00000106. The molecule has 0 aliphatic heterocycles. The van der Waals surface area contributed by atoms with Crippen molar-refractivity contribution < 1.29 is 4.39 Å². The number of rotatable bonds is 5. The Morgan fingerprint density at radius 2 is 2.06 bits per heavy atom. The van der Waals surface area contributed by atoms with Gasteiger partial charge in [-0.25, -0.2) is 0 Å². The van der Waals surface area contributed by atoms with E-state index in [0.29, 0.717) is 7.18 Å². The maximum Gasteiger partial charge on any atom is 0.0785 e. The Hall–Kier alpha value is -1.31. The summed E-state index contributed by atoms with van der Waals surface area (Å²) in [5.74, 6) is 0. The third kappa shape index (κ3) is 4.47. The van der Waals surface area contributed by atoms with E-state index in [2.05, 4.69) is 43.9 Å². The van der Waals surface area contributed by atoms with Crippen LogP contribution in [-0.4, -0.2) is 7.18 Å². The molecule has 1 nitrogen and oxygen atoms in total. The number of nitrogens with one attached hydrogen (secondary N) is 1. The van der Waals surface area contributed by atoms with Crippen LogP contribution < -0.4 is 5.32 Å². The van der Waals surface area contributed by atoms with Crippen molar-refractivity contribution in [2.24, 2.45) is 0 Å².